The van der Waals surface area contributed by atoms with Gasteiger partial charge in [0.1, 0.15) is 25.0 Å². The van der Waals surface area contributed by atoms with E-state index in [4.69, 9.17) is 18.9 Å². The summed E-state index contributed by atoms with van der Waals surface area (Å²) in [4.78, 5) is 39.8. The molecule has 0 aliphatic rings. The highest BCUT2D eigenvalue weighted by Crippen LogP contribution is 2.25. The van der Waals surface area contributed by atoms with E-state index in [-0.39, 0.29) is 36.9 Å². The molecule has 0 saturated carbocycles. The monoisotopic (exact) mass is 633 g/mol. The van der Waals surface area contributed by atoms with Crippen molar-refractivity contribution in [1.82, 2.24) is 14.5 Å². The molecule has 0 aliphatic carbocycles. The molecule has 13 heteroatoms. The highest BCUT2D eigenvalue weighted by molar-refractivity contribution is 6.76. The molecule has 1 aromatic heterocycles. The van der Waals surface area contributed by atoms with Gasteiger partial charge in [-0.25, -0.2) is 14.0 Å². The molecular weight excluding hydrogens is 590 g/mol. The average Bonchev–Trinajstić information content (AvgIpc) is 3.21. The van der Waals surface area contributed by atoms with Crippen molar-refractivity contribution in [2.45, 2.75) is 71.4 Å². The Kier molecular flexibility index (Phi) is 11.5. The molecule has 0 atom stereocenters. The lowest BCUT2D eigenvalue weighted by atomic mass is 10.1. The smallest absolute Gasteiger partial charge is 0.340 e. The van der Waals surface area contributed by atoms with Crippen molar-refractivity contribution in [1.29, 1.82) is 0 Å². The van der Waals surface area contributed by atoms with Gasteiger partial charge in [-0.1, -0.05) is 45.3 Å². The SMILES string of the molecule is COC(=O)c1ccc(CNC(=O)c2cc(F)ccc2OC)c2c1n(COCC[Si](C)(C)C)c(=O)n2COCC[Si](C)(C)C. The molecule has 0 fully saturated rings. The van der Waals surface area contributed by atoms with Crippen LogP contribution in [0.1, 0.15) is 26.3 Å². The van der Waals surface area contributed by atoms with Gasteiger partial charge in [-0.2, -0.15) is 0 Å². The fourth-order valence-corrected chi connectivity index (χ4v) is 5.90. The van der Waals surface area contributed by atoms with Crippen molar-refractivity contribution in [3.05, 3.63) is 63.3 Å². The first-order chi connectivity index (χ1) is 20.2. The Morgan fingerprint density at radius 1 is 0.837 bits per heavy atom. The van der Waals surface area contributed by atoms with E-state index in [9.17, 15) is 18.8 Å². The lowest BCUT2D eigenvalue weighted by Gasteiger charge is -2.16. The number of nitrogens with zero attached hydrogens (tertiary/aromatic N) is 2. The van der Waals surface area contributed by atoms with Crippen molar-refractivity contribution in [3.8, 4) is 5.75 Å². The number of aromatic nitrogens is 2. The van der Waals surface area contributed by atoms with Crippen LogP contribution in [0, 0.1) is 5.82 Å². The zero-order valence-corrected chi connectivity index (χ0v) is 28.5. The van der Waals surface area contributed by atoms with Gasteiger partial charge in [0.25, 0.3) is 5.91 Å². The first kappa shape index (κ1) is 34.2. The van der Waals surface area contributed by atoms with E-state index in [0.717, 1.165) is 18.2 Å². The third-order valence-electron chi connectivity index (χ3n) is 6.92. The summed E-state index contributed by atoms with van der Waals surface area (Å²) in [7, 11) is -0.0904. The minimum Gasteiger partial charge on any atom is -0.496 e. The minimum atomic E-state index is -1.38. The maximum absolute atomic E-state index is 13.9. The van der Waals surface area contributed by atoms with E-state index < -0.39 is 39.5 Å². The minimum absolute atomic E-state index is 0.0225. The van der Waals surface area contributed by atoms with Crippen LogP contribution in [0.4, 0.5) is 4.39 Å². The molecule has 0 aliphatic heterocycles. The van der Waals surface area contributed by atoms with Crippen LogP contribution < -0.4 is 15.7 Å². The number of esters is 1. The second-order valence-corrected chi connectivity index (χ2v) is 24.1. The molecule has 0 unspecified atom stereocenters. The second kappa shape index (κ2) is 14.5. The number of amides is 1. The lowest BCUT2D eigenvalue weighted by molar-refractivity contribution is 0.0600. The molecular formula is C30H44FN3O7Si2. The fraction of sp³-hybridized carbons (Fsp3) is 0.500. The maximum Gasteiger partial charge on any atom is 0.340 e. The fourth-order valence-electron chi connectivity index (χ4n) is 4.39. The van der Waals surface area contributed by atoms with Crippen molar-refractivity contribution >= 4 is 39.1 Å². The number of carbonyl (C=O) groups excluding carboxylic acids is 2. The molecule has 1 heterocycles. The van der Waals surface area contributed by atoms with Crippen LogP contribution in [0.15, 0.2) is 35.1 Å². The molecule has 236 valence electrons. The summed E-state index contributed by atoms with van der Waals surface area (Å²) in [6, 6.07) is 8.72. The Hall–Kier alpha value is -3.27. The summed E-state index contributed by atoms with van der Waals surface area (Å²) >= 11 is 0. The number of nitrogens with one attached hydrogen (secondary N) is 1. The summed E-state index contributed by atoms with van der Waals surface area (Å²) in [5.41, 5.74) is 1.11. The summed E-state index contributed by atoms with van der Waals surface area (Å²) in [6.07, 6.45) is 0. The number of fused-ring (bicyclic) bond motifs is 1. The van der Waals surface area contributed by atoms with Gasteiger partial charge in [-0.3, -0.25) is 13.9 Å². The van der Waals surface area contributed by atoms with E-state index in [1.807, 2.05) is 0 Å². The molecule has 0 spiro atoms. The number of rotatable bonds is 15. The van der Waals surface area contributed by atoms with Crippen molar-refractivity contribution < 1.29 is 32.9 Å². The second-order valence-electron chi connectivity index (χ2n) is 12.8. The predicted molar refractivity (Wildman–Crippen MR) is 170 cm³/mol. The number of methoxy groups -OCH3 is 2. The first-order valence-corrected chi connectivity index (χ1v) is 21.7. The molecule has 1 amide bonds. The number of hydrogen-bond acceptors (Lipinski definition) is 7. The zero-order valence-electron chi connectivity index (χ0n) is 26.5. The van der Waals surface area contributed by atoms with Gasteiger partial charge in [0.2, 0.25) is 0 Å². The number of benzene rings is 2. The van der Waals surface area contributed by atoms with E-state index >= 15 is 0 Å². The van der Waals surface area contributed by atoms with Gasteiger partial charge in [0.15, 0.2) is 0 Å². The highest BCUT2D eigenvalue weighted by atomic mass is 28.3. The van der Waals surface area contributed by atoms with Crippen molar-refractivity contribution in [3.63, 3.8) is 0 Å². The molecule has 2 aromatic carbocycles. The van der Waals surface area contributed by atoms with Crippen LogP contribution in [0.3, 0.4) is 0 Å². The topological polar surface area (TPSA) is 110 Å². The van der Waals surface area contributed by atoms with Crippen LogP contribution in [0.25, 0.3) is 11.0 Å². The highest BCUT2D eigenvalue weighted by Gasteiger charge is 2.25. The quantitative estimate of drug-likeness (QED) is 0.138. The summed E-state index contributed by atoms with van der Waals surface area (Å²) in [6.45, 7) is 14.2. The standard InChI is InChI=1S/C30H44FN3O7Si2/c1-38-25-12-10-22(31)17-24(25)28(35)32-18-21-9-11-23(29(36)39-2)27-26(21)33(19-40-13-15-42(3,4)5)30(37)34(27)20-41-14-16-43(6,7)8/h9-12,17H,13-16,18-20H2,1-8H3,(H,32,35). The van der Waals surface area contributed by atoms with Crippen LogP contribution in [0.2, 0.25) is 51.4 Å². The van der Waals surface area contributed by atoms with E-state index in [0.29, 0.717) is 29.8 Å². The third kappa shape index (κ3) is 9.11. The summed E-state index contributed by atoms with van der Waals surface area (Å²) < 4.78 is 39.0. The number of imidazole rings is 1. The zero-order chi connectivity index (χ0) is 31.9. The van der Waals surface area contributed by atoms with Gasteiger partial charge < -0.3 is 24.3 Å². The molecule has 1 N–H and O–H groups in total. The van der Waals surface area contributed by atoms with Crippen LogP contribution in [-0.4, -0.2) is 64.6 Å². The van der Waals surface area contributed by atoms with Gasteiger partial charge in [0.05, 0.1) is 36.4 Å². The van der Waals surface area contributed by atoms with Crippen molar-refractivity contribution in [2.24, 2.45) is 0 Å². The summed E-state index contributed by atoms with van der Waals surface area (Å²) in [5.74, 6) is -1.53. The Morgan fingerprint density at radius 3 is 1.95 bits per heavy atom. The van der Waals surface area contributed by atoms with E-state index in [2.05, 4.69) is 44.6 Å². The molecule has 0 bridgehead atoms. The van der Waals surface area contributed by atoms with Crippen LogP contribution >= 0.6 is 0 Å². The number of hydrogen-bond donors (Lipinski definition) is 1. The predicted octanol–water partition coefficient (Wildman–Crippen LogP) is 5.29. The Bertz CT molecular complexity index is 1510. The molecule has 3 rings (SSSR count). The van der Waals surface area contributed by atoms with Gasteiger partial charge in [-0.15, -0.1) is 0 Å². The van der Waals surface area contributed by atoms with Crippen LogP contribution in [-0.2, 0) is 34.2 Å². The van der Waals surface area contributed by atoms with Crippen LogP contribution in [0.5, 0.6) is 5.75 Å². The molecule has 3 aromatic rings. The normalized spacial score (nSPS) is 12.0. The number of halogens is 1. The van der Waals surface area contributed by atoms with Gasteiger partial charge in [0, 0.05) is 35.9 Å². The van der Waals surface area contributed by atoms with Crippen molar-refractivity contribution in [2.75, 3.05) is 27.4 Å². The third-order valence-corrected chi connectivity index (χ3v) is 10.3. The Morgan fingerprint density at radius 2 is 1.42 bits per heavy atom. The van der Waals surface area contributed by atoms with E-state index in [1.54, 1.807) is 12.1 Å². The van der Waals surface area contributed by atoms with E-state index in [1.165, 1.54) is 35.5 Å². The molecule has 0 radical (unpaired) electrons. The largest absolute Gasteiger partial charge is 0.496 e. The summed E-state index contributed by atoms with van der Waals surface area (Å²) in [5, 5.41) is 2.80. The van der Waals surface area contributed by atoms with Gasteiger partial charge >= 0.3 is 11.7 Å². The maximum atomic E-state index is 13.9. The molecule has 10 nitrogen and oxygen atoms in total. The first-order valence-electron chi connectivity index (χ1n) is 14.3. The average molecular weight is 634 g/mol. The number of carbonyl (C=O) groups is 2. The number of ether oxygens (including phenoxy) is 4. The lowest BCUT2D eigenvalue weighted by Crippen LogP contribution is -2.28. The molecule has 43 heavy (non-hydrogen) atoms. The Labute approximate surface area is 254 Å². The Balaban J connectivity index is 2.07. The van der Waals surface area contributed by atoms with Gasteiger partial charge in [-0.05, 0) is 41.9 Å². The molecule has 0 saturated heterocycles.